The quantitative estimate of drug-likeness (QED) is 0.600. The molecule has 0 atom stereocenters. The fourth-order valence-corrected chi connectivity index (χ4v) is 0.857. The average molecular weight is 169 g/mol. The van der Waals surface area contributed by atoms with Crippen LogP contribution in [0.5, 0.6) is 0 Å². The van der Waals surface area contributed by atoms with Crippen molar-refractivity contribution in [2.24, 2.45) is 0 Å². The summed E-state index contributed by atoms with van der Waals surface area (Å²) in [5, 5.41) is 0. The van der Waals surface area contributed by atoms with Crippen molar-refractivity contribution in [1.82, 2.24) is 4.98 Å². The van der Waals surface area contributed by atoms with Crippen LogP contribution in [0.2, 0.25) is 0 Å². The summed E-state index contributed by atoms with van der Waals surface area (Å²) < 4.78 is 15.6. The van der Waals surface area contributed by atoms with Gasteiger partial charge in [-0.3, -0.25) is 0 Å². The summed E-state index contributed by atoms with van der Waals surface area (Å²) in [4.78, 5) is 3.78. The van der Waals surface area contributed by atoms with Gasteiger partial charge in [-0.1, -0.05) is 0 Å². The van der Waals surface area contributed by atoms with Gasteiger partial charge >= 0.3 is 7.12 Å². The largest absolute Gasteiger partial charge is 0.533 e. The third-order valence-corrected chi connectivity index (χ3v) is 1.32. The molecule has 1 rings (SSSR count). The van der Waals surface area contributed by atoms with E-state index in [1.54, 1.807) is 6.20 Å². The third kappa shape index (κ3) is 2.35. The molecule has 0 saturated heterocycles. The van der Waals surface area contributed by atoms with Gasteiger partial charge in [-0.25, -0.2) is 4.98 Å². The molecule has 12 heavy (non-hydrogen) atoms. The standard InChI is InChI=1S/C7H12BNO3/c1-3-11-8(12-4-2)7-5-9-6-10-7/h5-6H,3-4H2,1-2H3. The van der Waals surface area contributed by atoms with Crippen LogP contribution in [-0.2, 0) is 9.31 Å². The Balaban J connectivity index is 2.53. The molecule has 0 N–H and O–H groups in total. The number of aromatic nitrogens is 1. The van der Waals surface area contributed by atoms with Crippen molar-refractivity contribution in [2.45, 2.75) is 13.8 Å². The van der Waals surface area contributed by atoms with Crippen LogP contribution in [0.1, 0.15) is 13.8 Å². The molecule has 0 unspecified atom stereocenters. The van der Waals surface area contributed by atoms with Crippen molar-refractivity contribution in [3.63, 3.8) is 0 Å². The highest BCUT2D eigenvalue weighted by molar-refractivity contribution is 6.59. The lowest BCUT2D eigenvalue weighted by molar-refractivity contribution is 0.220. The molecule has 0 saturated carbocycles. The summed E-state index contributed by atoms with van der Waals surface area (Å²) in [6, 6.07) is 0. The number of oxazole rings is 1. The Morgan fingerprint density at radius 3 is 2.50 bits per heavy atom. The second-order valence-corrected chi connectivity index (χ2v) is 2.15. The summed E-state index contributed by atoms with van der Waals surface area (Å²) in [5.74, 6) is 0. The topological polar surface area (TPSA) is 44.5 Å². The number of nitrogens with zero attached hydrogens (tertiary/aromatic N) is 1. The second kappa shape index (κ2) is 4.95. The van der Waals surface area contributed by atoms with Crippen molar-refractivity contribution < 1.29 is 13.7 Å². The van der Waals surface area contributed by atoms with Crippen LogP contribution in [0.15, 0.2) is 17.0 Å². The first kappa shape index (κ1) is 9.28. The number of hydrogen-bond donors (Lipinski definition) is 0. The van der Waals surface area contributed by atoms with Gasteiger partial charge in [0.1, 0.15) is 0 Å². The highest BCUT2D eigenvalue weighted by Gasteiger charge is 2.23. The minimum absolute atomic E-state index is 0.414. The van der Waals surface area contributed by atoms with Gasteiger partial charge in [0.2, 0.25) is 0 Å². The predicted octanol–water partition coefficient (Wildman–Crippen LogP) is 0.443. The van der Waals surface area contributed by atoms with Gasteiger partial charge in [-0.2, -0.15) is 0 Å². The van der Waals surface area contributed by atoms with E-state index >= 15 is 0 Å². The SMILES string of the molecule is CCOB(OCC)c1cnco1. The summed E-state index contributed by atoms with van der Waals surface area (Å²) in [5.41, 5.74) is 0.610. The molecule has 0 amide bonds. The summed E-state index contributed by atoms with van der Waals surface area (Å²) in [6.07, 6.45) is 2.95. The van der Waals surface area contributed by atoms with Gasteiger partial charge in [-0.15, -0.1) is 0 Å². The molecule has 0 spiro atoms. The molecule has 5 heteroatoms. The zero-order valence-corrected chi connectivity index (χ0v) is 7.32. The van der Waals surface area contributed by atoms with Crippen LogP contribution in [-0.4, -0.2) is 25.3 Å². The fourth-order valence-electron chi connectivity index (χ4n) is 0.857. The Hall–Kier alpha value is -0.805. The van der Waals surface area contributed by atoms with Gasteiger partial charge in [0.05, 0.1) is 6.20 Å². The van der Waals surface area contributed by atoms with Crippen molar-refractivity contribution >= 4 is 12.8 Å². The molecule has 4 nitrogen and oxygen atoms in total. The first-order chi connectivity index (χ1) is 5.88. The van der Waals surface area contributed by atoms with Crippen LogP contribution in [0.25, 0.3) is 0 Å². The number of hydrogen-bond acceptors (Lipinski definition) is 4. The van der Waals surface area contributed by atoms with Crippen molar-refractivity contribution in [3.8, 4) is 0 Å². The third-order valence-electron chi connectivity index (χ3n) is 1.32. The van der Waals surface area contributed by atoms with Crippen molar-refractivity contribution in [1.29, 1.82) is 0 Å². The van der Waals surface area contributed by atoms with Gasteiger partial charge in [0.15, 0.2) is 12.1 Å². The van der Waals surface area contributed by atoms with Gasteiger partial charge in [0.25, 0.3) is 0 Å². The average Bonchev–Trinajstić information content (AvgIpc) is 2.56. The normalized spacial score (nSPS) is 10.2. The first-order valence-corrected chi connectivity index (χ1v) is 4.00. The first-order valence-electron chi connectivity index (χ1n) is 4.00. The van der Waals surface area contributed by atoms with Crippen LogP contribution < -0.4 is 5.66 Å². The predicted molar refractivity (Wildman–Crippen MR) is 45.1 cm³/mol. The van der Waals surface area contributed by atoms with E-state index in [0.717, 1.165) is 0 Å². The van der Waals surface area contributed by atoms with E-state index in [0.29, 0.717) is 18.9 Å². The minimum Gasteiger partial charge on any atom is -0.452 e. The van der Waals surface area contributed by atoms with E-state index in [1.165, 1.54) is 6.39 Å². The molecule has 0 bridgehead atoms. The van der Waals surface area contributed by atoms with E-state index in [4.69, 9.17) is 13.7 Å². The summed E-state index contributed by atoms with van der Waals surface area (Å²) >= 11 is 0. The molecular formula is C7H12BNO3. The maximum absolute atomic E-state index is 5.27. The molecule has 1 aromatic heterocycles. The molecule has 66 valence electrons. The molecule has 0 aromatic carbocycles. The Kier molecular flexibility index (Phi) is 3.83. The molecule has 0 radical (unpaired) electrons. The Bertz CT molecular complexity index is 196. The fraction of sp³-hybridized carbons (Fsp3) is 0.571. The molecule has 1 heterocycles. The van der Waals surface area contributed by atoms with Gasteiger partial charge in [0, 0.05) is 13.2 Å². The van der Waals surface area contributed by atoms with E-state index in [2.05, 4.69) is 4.98 Å². The van der Waals surface area contributed by atoms with E-state index in [1.807, 2.05) is 13.8 Å². The summed E-state index contributed by atoms with van der Waals surface area (Å²) in [7, 11) is -0.414. The van der Waals surface area contributed by atoms with E-state index in [9.17, 15) is 0 Å². The monoisotopic (exact) mass is 169 g/mol. The van der Waals surface area contributed by atoms with Gasteiger partial charge in [-0.05, 0) is 13.8 Å². The van der Waals surface area contributed by atoms with Crippen molar-refractivity contribution in [3.05, 3.63) is 12.6 Å². The van der Waals surface area contributed by atoms with Crippen molar-refractivity contribution in [2.75, 3.05) is 13.2 Å². The highest BCUT2D eigenvalue weighted by atomic mass is 16.6. The smallest absolute Gasteiger partial charge is 0.452 e. The molecule has 0 fully saturated rings. The Morgan fingerprint density at radius 2 is 2.08 bits per heavy atom. The Labute approximate surface area is 72.0 Å². The maximum Gasteiger partial charge on any atom is 0.533 e. The van der Waals surface area contributed by atoms with Crippen LogP contribution in [0, 0.1) is 0 Å². The lowest BCUT2D eigenvalue weighted by Gasteiger charge is -2.08. The van der Waals surface area contributed by atoms with E-state index in [-0.39, 0.29) is 0 Å². The zero-order chi connectivity index (χ0) is 8.81. The zero-order valence-electron chi connectivity index (χ0n) is 7.32. The lowest BCUT2D eigenvalue weighted by atomic mass is 9.86. The highest BCUT2D eigenvalue weighted by Crippen LogP contribution is 1.91. The minimum atomic E-state index is -0.414. The number of rotatable bonds is 5. The molecule has 1 aromatic rings. The lowest BCUT2D eigenvalue weighted by Crippen LogP contribution is -2.36. The molecule has 0 aliphatic carbocycles. The molecular weight excluding hydrogens is 157 g/mol. The summed E-state index contributed by atoms with van der Waals surface area (Å²) in [6.45, 7) is 4.99. The van der Waals surface area contributed by atoms with Crippen LogP contribution >= 0.6 is 0 Å². The molecule has 0 aliphatic rings. The molecule has 0 aliphatic heterocycles. The van der Waals surface area contributed by atoms with Gasteiger partial charge < -0.3 is 13.7 Å². The maximum atomic E-state index is 5.27. The van der Waals surface area contributed by atoms with Crippen LogP contribution in [0.3, 0.4) is 0 Å². The van der Waals surface area contributed by atoms with Crippen LogP contribution in [0.4, 0.5) is 0 Å². The second-order valence-electron chi connectivity index (χ2n) is 2.15. The Morgan fingerprint density at radius 1 is 1.42 bits per heavy atom. The van der Waals surface area contributed by atoms with E-state index < -0.39 is 7.12 Å².